The lowest BCUT2D eigenvalue weighted by Gasteiger charge is -2.13. The molecule has 2 aromatic rings. The van der Waals surface area contributed by atoms with Crippen molar-refractivity contribution in [3.8, 4) is 10.1 Å². The van der Waals surface area contributed by atoms with Crippen LogP contribution in [0.5, 0.6) is 10.1 Å². The molecule has 1 N–H and O–H groups in total. The van der Waals surface area contributed by atoms with Gasteiger partial charge in [0.1, 0.15) is 0 Å². The largest absolute Gasteiger partial charge is 0.476 e. The number of aliphatic carboxylic acids is 1. The van der Waals surface area contributed by atoms with Gasteiger partial charge in [0.2, 0.25) is 0 Å². The van der Waals surface area contributed by atoms with Crippen molar-refractivity contribution in [1.82, 2.24) is 0 Å². The molecule has 2 heterocycles. The van der Waals surface area contributed by atoms with Crippen molar-refractivity contribution in [1.29, 1.82) is 0 Å². The van der Waals surface area contributed by atoms with Gasteiger partial charge < -0.3 is 14.6 Å². The van der Waals surface area contributed by atoms with Gasteiger partial charge in [0.05, 0.1) is 0 Å². The van der Waals surface area contributed by atoms with Crippen LogP contribution in [0.2, 0.25) is 0 Å². The summed E-state index contributed by atoms with van der Waals surface area (Å²) in [6, 6.07) is 6.95. The molecule has 0 atom stereocenters. The first-order chi connectivity index (χ1) is 7.75. The number of hydrogen-bond acceptors (Lipinski definition) is 5. The fourth-order valence-electron chi connectivity index (χ4n) is 0.997. The molecule has 0 unspecified atom stereocenters. The second-order valence-corrected chi connectivity index (χ2v) is 4.59. The molecule has 0 spiro atoms. The highest BCUT2D eigenvalue weighted by Crippen LogP contribution is 2.23. The standard InChI is InChI=1S/C10H8O4S2/c11-9(12)10(13-7-3-1-5-15-7)14-8-4-2-6-16-8/h1-6,10H,(H,11,12). The molecule has 84 valence electrons. The van der Waals surface area contributed by atoms with Crippen LogP contribution in [0.4, 0.5) is 0 Å². The lowest BCUT2D eigenvalue weighted by atomic mass is 10.6. The molecule has 16 heavy (non-hydrogen) atoms. The maximum atomic E-state index is 10.9. The SMILES string of the molecule is O=C(O)C(Oc1cccs1)Oc1cccs1. The van der Waals surface area contributed by atoms with E-state index in [1.54, 1.807) is 35.0 Å². The van der Waals surface area contributed by atoms with Crippen LogP contribution in [-0.4, -0.2) is 17.4 Å². The zero-order valence-corrected chi connectivity index (χ0v) is 9.66. The van der Waals surface area contributed by atoms with Crippen LogP contribution in [0.25, 0.3) is 0 Å². The summed E-state index contributed by atoms with van der Waals surface area (Å²) in [5.74, 6) is -1.15. The Kier molecular flexibility index (Phi) is 3.43. The van der Waals surface area contributed by atoms with Crippen molar-refractivity contribution in [2.75, 3.05) is 0 Å². The number of carboxylic acids is 1. The van der Waals surface area contributed by atoms with Gasteiger partial charge in [0.15, 0.2) is 10.1 Å². The van der Waals surface area contributed by atoms with Crippen molar-refractivity contribution >= 4 is 28.6 Å². The van der Waals surface area contributed by atoms with E-state index in [0.29, 0.717) is 10.1 Å². The number of ether oxygens (including phenoxy) is 2. The highest BCUT2D eigenvalue weighted by atomic mass is 32.1. The Hall–Kier alpha value is -1.53. The molecule has 0 amide bonds. The highest BCUT2D eigenvalue weighted by Gasteiger charge is 2.22. The molecule has 0 fully saturated rings. The van der Waals surface area contributed by atoms with Crippen molar-refractivity contribution in [3.05, 3.63) is 35.0 Å². The summed E-state index contributed by atoms with van der Waals surface area (Å²) in [6.07, 6.45) is -1.31. The molecular formula is C10H8O4S2. The van der Waals surface area contributed by atoms with Gasteiger partial charge >= 0.3 is 12.3 Å². The van der Waals surface area contributed by atoms with Crippen molar-refractivity contribution in [2.24, 2.45) is 0 Å². The average Bonchev–Trinajstić information content (AvgIpc) is 2.88. The summed E-state index contributed by atoms with van der Waals surface area (Å²) in [6.45, 7) is 0. The molecule has 6 heteroatoms. The molecule has 0 aliphatic rings. The fourth-order valence-corrected chi connectivity index (χ4v) is 2.18. The summed E-state index contributed by atoms with van der Waals surface area (Å²) in [4.78, 5) is 10.9. The molecule has 0 aliphatic heterocycles. The molecule has 0 saturated heterocycles. The first-order valence-electron chi connectivity index (χ1n) is 4.39. The number of hydrogen-bond donors (Lipinski definition) is 1. The number of carbonyl (C=O) groups is 1. The Bertz CT molecular complexity index is 399. The Morgan fingerprint density at radius 3 is 1.94 bits per heavy atom. The number of thiophene rings is 2. The molecule has 2 rings (SSSR count). The quantitative estimate of drug-likeness (QED) is 0.836. The maximum Gasteiger partial charge on any atom is 0.387 e. The normalized spacial score (nSPS) is 10.3. The first-order valence-corrected chi connectivity index (χ1v) is 6.15. The third kappa shape index (κ3) is 2.74. The maximum absolute atomic E-state index is 10.9. The second kappa shape index (κ2) is 5.00. The van der Waals surface area contributed by atoms with Gasteiger partial charge in [0.25, 0.3) is 0 Å². The second-order valence-electron chi connectivity index (χ2n) is 2.77. The predicted molar refractivity (Wildman–Crippen MR) is 61.3 cm³/mol. The average molecular weight is 256 g/mol. The molecule has 0 saturated carbocycles. The first kappa shape index (κ1) is 11.0. The van der Waals surface area contributed by atoms with E-state index in [1.165, 1.54) is 22.7 Å². The number of carboxylic acid groups (broad SMARTS) is 1. The van der Waals surface area contributed by atoms with Crippen LogP contribution in [0.15, 0.2) is 35.0 Å². The highest BCUT2D eigenvalue weighted by molar-refractivity contribution is 7.12. The molecular weight excluding hydrogens is 248 g/mol. The van der Waals surface area contributed by atoms with Gasteiger partial charge in [-0.2, -0.15) is 0 Å². The lowest BCUT2D eigenvalue weighted by Crippen LogP contribution is -2.32. The van der Waals surface area contributed by atoms with Crippen LogP contribution in [0.3, 0.4) is 0 Å². The van der Waals surface area contributed by atoms with E-state index in [-0.39, 0.29) is 0 Å². The van der Waals surface area contributed by atoms with Crippen molar-refractivity contribution < 1.29 is 19.4 Å². The summed E-state index contributed by atoms with van der Waals surface area (Å²) >= 11 is 2.64. The Morgan fingerprint density at radius 1 is 1.12 bits per heavy atom. The van der Waals surface area contributed by atoms with E-state index in [0.717, 1.165) is 0 Å². The molecule has 0 bridgehead atoms. The van der Waals surface area contributed by atoms with Crippen LogP contribution in [-0.2, 0) is 4.79 Å². The lowest BCUT2D eigenvalue weighted by molar-refractivity contribution is -0.158. The van der Waals surface area contributed by atoms with E-state index in [9.17, 15) is 4.79 Å². The molecule has 0 radical (unpaired) electrons. The zero-order chi connectivity index (χ0) is 11.4. The molecule has 4 nitrogen and oxygen atoms in total. The summed E-state index contributed by atoms with van der Waals surface area (Å²) in [5.41, 5.74) is 0. The smallest absolute Gasteiger partial charge is 0.387 e. The Labute approximate surface area is 99.7 Å². The van der Waals surface area contributed by atoms with Crippen LogP contribution >= 0.6 is 22.7 Å². The Morgan fingerprint density at radius 2 is 1.62 bits per heavy atom. The van der Waals surface area contributed by atoms with Crippen LogP contribution in [0.1, 0.15) is 0 Å². The predicted octanol–water partition coefficient (Wildman–Crippen LogP) is 2.68. The fraction of sp³-hybridized carbons (Fsp3) is 0.100. The van der Waals surface area contributed by atoms with Gasteiger partial charge in [-0.25, -0.2) is 4.79 Å². The minimum absolute atomic E-state index is 0.518. The van der Waals surface area contributed by atoms with Crippen LogP contribution < -0.4 is 9.47 Å². The van der Waals surface area contributed by atoms with E-state index >= 15 is 0 Å². The zero-order valence-electron chi connectivity index (χ0n) is 8.03. The van der Waals surface area contributed by atoms with Gasteiger partial charge in [-0.05, 0) is 35.0 Å². The molecule has 0 aliphatic carbocycles. The minimum atomic E-state index is -1.31. The van der Waals surface area contributed by atoms with Gasteiger partial charge in [-0.15, -0.1) is 22.7 Å². The van der Waals surface area contributed by atoms with Gasteiger partial charge in [-0.3, -0.25) is 0 Å². The third-order valence-corrected chi connectivity index (χ3v) is 3.15. The number of rotatable bonds is 5. The van der Waals surface area contributed by atoms with Crippen LogP contribution in [0, 0.1) is 0 Å². The minimum Gasteiger partial charge on any atom is -0.476 e. The third-order valence-electron chi connectivity index (χ3n) is 1.64. The summed E-state index contributed by atoms with van der Waals surface area (Å²) < 4.78 is 10.4. The monoisotopic (exact) mass is 256 g/mol. The molecule has 2 aromatic heterocycles. The van der Waals surface area contributed by atoms with Crippen molar-refractivity contribution in [2.45, 2.75) is 6.29 Å². The van der Waals surface area contributed by atoms with E-state index in [1.807, 2.05) is 0 Å². The van der Waals surface area contributed by atoms with Crippen molar-refractivity contribution in [3.63, 3.8) is 0 Å². The summed E-state index contributed by atoms with van der Waals surface area (Å²) in [7, 11) is 0. The molecule has 0 aromatic carbocycles. The van der Waals surface area contributed by atoms with E-state index in [4.69, 9.17) is 14.6 Å². The topological polar surface area (TPSA) is 55.8 Å². The Balaban J connectivity index is 2.03. The van der Waals surface area contributed by atoms with E-state index < -0.39 is 12.3 Å². The summed E-state index contributed by atoms with van der Waals surface area (Å²) in [5, 5.41) is 13.6. The van der Waals surface area contributed by atoms with Gasteiger partial charge in [0, 0.05) is 0 Å². The van der Waals surface area contributed by atoms with Gasteiger partial charge in [-0.1, -0.05) is 0 Å². The van der Waals surface area contributed by atoms with E-state index in [2.05, 4.69) is 0 Å².